The lowest BCUT2D eigenvalue weighted by Gasteiger charge is -2.10. The number of hydrogen-bond acceptors (Lipinski definition) is 6. The minimum Gasteiger partial charge on any atom is -0.497 e. The number of carbonyl (C=O) groups is 1. The zero-order valence-corrected chi connectivity index (χ0v) is 12.2. The molecule has 1 atom stereocenters. The van der Waals surface area contributed by atoms with Gasteiger partial charge in [-0.15, -0.1) is 0 Å². The van der Waals surface area contributed by atoms with E-state index in [9.17, 15) is 4.79 Å². The van der Waals surface area contributed by atoms with Gasteiger partial charge >= 0.3 is 0 Å². The molecule has 1 amide bonds. The number of benzene rings is 1. The van der Waals surface area contributed by atoms with Crippen LogP contribution in [-0.2, 0) is 4.79 Å². The normalized spacial score (nSPS) is 11.9. The lowest BCUT2D eigenvalue weighted by atomic mass is 10.2. The Morgan fingerprint density at radius 2 is 2.30 bits per heavy atom. The number of thioether (sulfide) groups is 1. The molecule has 6 nitrogen and oxygen atoms in total. The zero-order chi connectivity index (χ0) is 15.0. The first-order valence-electron chi connectivity index (χ1n) is 6.17. The number of anilines is 2. The fourth-order valence-corrected chi connectivity index (χ4v) is 2.31. The molecule has 20 heavy (non-hydrogen) atoms. The molecule has 0 saturated carbocycles. The molecular weight excluding hydrogens is 280 g/mol. The average molecular weight is 300 g/mol. The molecule has 0 aromatic heterocycles. The second kappa shape index (κ2) is 8.68. The summed E-state index contributed by atoms with van der Waals surface area (Å²) in [6.07, 6.45) is -0.422. The molecule has 1 aromatic carbocycles. The van der Waals surface area contributed by atoms with Crippen molar-refractivity contribution in [3.8, 4) is 5.75 Å². The predicted octanol–water partition coefficient (Wildman–Crippen LogP) is 0.692. The van der Waals surface area contributed by atoms with Crippen LogP contribution in [0.1, 0.15) is 6.42 Å². The van der Waals surface area contributed by atoms with Gasteiger partial charge in [-0.1, -0.05) is 0 Å². The number of ether oxygens (including phenoxy) is 1. The van der Waals surface area contributed by atoms with Crippen molar-refractivity contribution < 1.29 is 19.7 Å². The first-order chi connectivity index (χ1) is 9.56. The third-order valence-electron chi connectivity index (χ3n) is 2.53. The van der Waals surface area contributed by atoms with Gasteiger partial charge in [-0.2, -0.15) is 11.8 Å². The van der Waals surface area contributed by atoms with Crippen LogP contribution in [0.25, 0.3) is 0 Å². The van der Waals surface area contributed by atoms with E-state index >= 15 is 0 Å². The Bertz CT molecular complexity index is 442. The first-order valence-corrected chi connectivity index (χ1v) is 7.32. The molecule has 0 radical (unpaired) electrons. The highest BCUT2D eigenvalue weighted by Gasteiger charge is 2.07. The Hall–Kier alpha value is -1.44. The predicted molar refractivity (Wildman–Crippen MR) is 81.1 cm³/mol. The fourth-order valence-electron chi connectivity index (χ4n) is 1.43. The number of nitrogen functional groups attached to an aromatic ring is 1. The fraction of sp³-hybridized carbons (Fsp3) is 0.462. The van der Waals surface area contributed by atoms with Gasteiger partial charge in [0.25, 0.3) is 0 Å². The molecule has 5 N–H and O–H groups in total. The van der Waals surface area contributed by atoms with Crippen LogP contribution in [0.15, 0.2) is 18.2 Å². The van der Waals surface area contributed by atoms with Crippen LogP contribution >= 0.6 is 11.8 Å². The summed E-state index contributed by atoms with van der Waals surface area (Å²) in [5, 5.41) is 20.5. The third-order valence-corrected chi connectivity index (χ3v) is 3.64. The maximum atomic E-state index is 11.7. The Labute approximate surface area is 122 Å². The van der Waals surface area contributed by atoms with Crippen LogP contribution < -0.4 is 15.8 Å². The molecule has 0 aliphatic carbocycles. The monoisotopic (exact) mass is 300 g/mol. The number of aliphatic hydroxyl groups is 2. The van der Waals surface area contributed by atoms with E-state index < -0.39 is 6.10 Å². The van der Waals surface area contributed by atoms with Gasteiger partial charge in [0.1, 0.15) is 5.75 Å². The highest BCUT2D eigenvalue weighted by molar-refractivity contribution is 7.99. The molecule has 0 saturated heterocycles. The van der Waals surface area contributed by atoms with Crippen molar-refractivity contribution in [2.45, 2.75) is 12.5 Å². The van der Waals surface area contributed by atoms with E-state index in [4.69, 9.17) is 20.7 Å². The Balaban J connectivity index is 2.35. The number of aliphatic hydroxyl groups excluding tert-OH is 2. The SMILES string of the molecule is COc1ccc(NC(=O)CCSCC(O)CO)c(N)c1. The number of nitrogens with one attached hydrogen (secondary N) is 1. The molecule has 0 spiro atoms. The summed E-state index contributed by atoms with van der Waals surface area (Å²) in [5.74, 6) is 1.47. The first kappa shape index (κ1) is 16.6. The van der Waals surface area contributed by atoms with Crippen LogP contribution in [0.3, 0.4) is 0 Å². The van der Waals surface area contributed by atoms with E-state index in [1.165, 1.54) is 11.8 Å². The Morgan fingerprint density at radius 3 is 2.90 bits per heavy atom. The maximum Gasteiger partial charge on any atom is 0.225 e. The van der Waals surface area contributed by atoms with E-state index in [-0.39, 0.29) is 12.5 Å². The maximum absolute atomic E-state index is 11.7. The van der Waals surface area contributed by atoms with Gasteiger partial charge in [-0.05, 0) is 12.1 Å². The zero-order valence-electron chi connectivity index (χ0n) is 11.3. The van der Waals surface area contributed by atoms with Crippen molar-refractivity contribution in [3.63, 3.8) is 0 Å². The van der Waals surface area contributed by atoms with Crippen molar-refractivity contribution in [2.24, 2.45) is 0 Å². The minimum absolute atomic E-state index is 0.146. The Kier molecular flexibility index (Phi) is 7.21. The number of rotatable bonds is 8. The minimum atomic E-state index is -0.736. The quantitative estimate of drug-likeness (QED) is 0.416. The number of methoxy groups -OCH3 is 1. The molecular formula is C13H20N2O4S. The van der Waals surface area contributed by atoms with E-state index in [0.29, 0.717) is 35.1 Å². The van der Waals surface area contributed by atoms with Gasteiger partial charge in [0.2, 0.25) is 5.91 Å². The lowest BCUT2D eigenvalue weighted by molar-refractivity contribution is -0.115. The van der Waals surface area contributed by atoms with E-state index in [1.807, 2.05) is 0 Å². The van der Waals surface area contributed by atoms with Crippen LogP contribution in [0.4, 0.5) is 11.4 Å². The van der Waals surface area contributed by atoms with Gasteiger partial charge < -0.3 is 26.0 Å². The summed E-state index contributed by atoms with van der Waals surface area (Å²) in [6.45, 7) is -0.262. The van der Waals surface area contributed by atoms with Gasteiger partial charge in [-0.3, -0.25) is 4.79 Å². The number of hydrogen-bond donors (Lipinski definition) is 4. The van der Waals surface area contributed by atoms with Gasteiger partial charge in [0.15, 0.2) is 0 Å². The highest BCUT2D eigenvalue weighted by atomic mass is 32.2. The van der Waals surface area contributed by atoms with Crippen molar-refractivity contribution in [2.75, 3.05) is 36.3 Å². The standard InChI is InChI=1S/C13H20N2O4S/c1-19-10-2-3-12(11(14)6-10)15-13(18)4-5-20-8-9(17)7-16/h2-3,6,9,16-17H,4-5,7-8,14H2,1H3,(H,15,18). The average Bonchev–Trinajstić information content (AvgIpc) is 2.45. The highest BCUT2D eigenvalue weighted by Crippen LogP contribution is 2.24. The second-order valence-electron chi connectivity index (χ2n) is 4.16. The van der Waals surface area contributed by atoms with Crippen LogP contribution in [-0.4, -0.2) is 47.4 Å². The topological polar surface area (TPSA) is 105 Å². The van der Waals surface area contributed by atoms with Gasteiger partial charge in [0.05, 0.1) is 31.2 Å². The molecule has 0 bridgehead atoms. The summed E-state index contributed by atoms with van der Waals surface area (Å²) in [4.78, 5) is 11.7. The molecule has 112 valence electrons. The summed E-state index contributed by atoms with van der Waals surface area (Å²) in [5.41, 5.74) is 6.79. The summed E-state index contributed by atoms with van der Waals surface area (Å²) < 4.78 is 5.03. The van der Waals surface area contributed by atoms with E-state index in [1.54, 1.807) is 25.3 Å². The molecule has 0 heterocycles. The lowest BCUT2D eigenvalue weighted by Crippen LogP contribution is -2.17. The second-order valence-corrected chi connectivity index (χ2v) is 5.31. The third kappa shape index (κ3) is 5.68. The van der Waals surface area contributed by atoms with Gasteiger partial charge in [0, 0.05) is 24.0 Å². The molecule has 0 aliphatic rings. The molecule has 1 unspecified atom stereocenters. The van der Waals surface area contributed by atoms with E-state index in [0.717, 1.165) is 0 Å². The molecule has 7 heteroatoms. The summed E-state index contributed by atoms with van der Waals surface area (Å²) in [7, 11) is 1.55. The van der Waals surface area contributed by atoms with Crippen LogP contribution in [0.2, 0.25) is 0 Å². The van der Waals surface area contributed by atoms with Crippen LogP contribution in [0.5, 0.6) is 5.75 Å². The van der Waals surface area contributed by atoms with Crippen molar-refractivity contribution in [3.05, 3.63) is 18.2 Å². The van der Waals surface area contributed by atoms with Gasteiger partial charge in [-0.25, -0.2) is 0 Å². The smallest absolute Gasteiger partial charge is 0.225 e. The largest absolute Gasteiger partial charge is 0.497 e. The van der Waals surface area contributed by atoms with Crippen molar-refractivity contribution >= 4 is 29.0 Å². The molecule has 0 fully saturated rings. The Morgan fingerprint density at radius 1 is 1.55 bits per heavy atom. The number of nitrogens with two attached hydrogens (primary N) is 1. The number of carbonyl (C=O) groups excluding carboxylic acids is 1. The summed E-state index contributed by atoms with van der Waals surface area (Å²) in [6, 6.07) is 5.05. The van der Waals surface area contributed by atoms with Crippen LogP contribution in [0, 0.1) is 0 Å². The molecule has 0 aliphatic heterocycles. The summed E-state index contributed by atoms with van der Waals surface area (Å²) >= 11 is 1.41. The van der Waals surface area contributed by atoms with E-state index in [2.05, 4.69) is 5.32 Å². The number of amides is 1. The van der Waals surface area contributed by atoms with Crippen molar-refractivity contribution in [1.82, 2.24) is 0 Å². The van der Waals surface area contributed by atoms with Crippen molar-refractivity contribution in [1.29, 1.82) is 0 Å². The molecule has 1 rings (SSSR count). The molecule has 1 aromatic rings.